The summed E-state index contributed by atoms with van der Waals surface area (Å²) in [7, 11) is 0. The number of anilines is 1. The molecule has 0 atom stereocenters. The van der Waals surface area contributed by atoms with Crippen LogP contribution in [-0.2, 0) is 13.1 Å². The van der Waals surface area contributed by atoms with E-state index in [0.29, 0.717) is 11.9 Å². The van der Waals surface area contributed by atoms with Crippen molar-refractivity contribution in [1.82, 2.24) is 29.7 Å². The van der Waals surface area contributed by atoms with Gasteiger partial charge in [0.15, 0.2) is 5.82 Å². The molecule has 0 saturated heterocycles. The van der Waals surface area contributed by atoms with Gasteiger partial charge in [-0.15, -0.1) is 0 Å². The highest BCUT2D eigenvalue weighted by atomic mass is 15.3. The number of hydrogen-bond acceptors (Lipinski definition) is 5. The molecule has 194 valence electrons. The molecule has 3 heterocycles. The summed E-state index contributed by atoms with van der Waals surface area (Å²) >= 11 is 0. The molecule has 1 aliphatic rings. The molecule has 0 unspecified atom stereocenters. The van der Waals surface area contributed by atoms with Crippen LogP contribution in [0, 0.1) is 0 Å². The number of rotatable bonds is 7. The van der Waals surface area contributed by atoms with Crippen molar-refractivity contribution in [1.29, 1.82) is 0 Å². The second-order valence-electron chi connectivity index (χ2n) is 10.5. The largest absolute Gasteiger partial charge is 0.382 e. The highest BCUT2D eigenvalue weighted by Gasteiger charge is 2.18. The molecule has 39 heavy (non-hydrogen) atoms. The van der Waals surface area contributed by atoms with Crippen LogP contribution in [0.25, 0.3) is 38.8 Å². The molecule has 7 nitrogen and oxygen atoms in total. The number of nitrogens with one attached hydrogen (secondary N) is 1. The molecular weight excluding hydrogens is 482 g/mol. The number of aromatic nitrogens is 5. The van der Waals surface area contributed by atoms with E-state index in [1.807, 2.05) is 15.3 Å². The Hall–Kier alpha value is -4.49. The molecule has 0 bridgehead atoms. The highest BCUT2D eigenvalue weighted by Crippen LogP contribution is 2.35. The topological polar surface area (TPSA) is 86.1 Å². The molecule has 0 aliphatic heterocycles. The standard InChI is InChI=1S/C32H31N7/c33-32-31-28(25-14-15-26-20-38(37-29(26)16-25)19-23-6-2-1-3-7-23)17-30(39(31)36-21-35-32)24-12-10-22(11-13-24)18-34-27-8-4-5-9-27/h1-3,6-7,10-17,20-21,27,34H,4-5,8-9,18-19H2,(H2,33,35,36). The van der Waals surface area contributed by atoms with Gasteiger partial charge >= 0.3 is 0 Å². The number of nitrogens with two attached hydrogens (primary N) is 1. The zero-order valence-electron chi connectivity index (χ0n) is 21.8. The highest BCUT2D eigenvalue weighted by molar-refractivity contribution is 5.94. The van der Waals surface area contributed by atoms with Gasteiger partial charge in [-0.2, -0.15) is 10.2 Å². The maximum atomic E-state index is 6.41. The zero-order valence-corrected chi connectivity index (χ0v) is 21.8. The van der Waals surface area contributed by atoms with Crippen molar-refractivity contribution in [2.45, 2.75) is 44.8 Å². The van der Waals surface area contributed by atoms with Gasteiger partial charge in [-0.25, -0.2) is 9.50 Å². The molecule has 1 saturated carbocycles. The Bertz CT molecular complexity index is 1740. The Kier molecular flexibility index (Phi) is 6.06. The van der Waals surface area contributed by atoms with Crippen molar-refractivity contribution in [2.24, 2.45) is 0 Å². The number of nitrogen functional groups attached to an aromatic ring is 1. The third kappa shape index (κ3) is 4.66. The van der Waals surface area contributed by atoms with Crippen LogP contribution < -0.4 is 11.1 Å². The molecule has 0 radical (unpaired) electrons. The lowest BCUT2D eigenvalue weighted by Crippen LogP contribution is -2.25. The third-order valence-corrected chi connectivity index (χ3v) is 7.84. The monoisotopic (exact) mass is 513 g/mol. The lowest BCUT2D eigenvalue weighted by molar-refractivity contribution is 0.524. The minimum atomic E-state index is 0.457. The maximum Gasteiger partial charge on any atom is 0.152 e. The predicted octanol–water partition coefficient (Wildman–Crippen LogP) is 6.08. The van der Waals surface area contributed by atoms with E-state index in [2.05, 4.69) is 94.4 Å². The van der Waals surface area contributed by atoms with E-state index >= 15 is 0 Å². The average molecular weight is 514 g/mol. The summed E-state index contributed by atoms with van der Waals surface area (Å²) < 4.78 is 3.90. The Labute approximate surface area is 227 Å². The van der Waals surface area contributed by atoms with E-state index in [-0.39, 0.29) is 0 Å². The Morgan fingerprint density at radius 3 is 2.49 bits per heavy atom. The second kappa shape index (κ2) is 10.0. The van der Waals surface area contributed by atoms with Gasteiger partial charge in [-0.1, -0.05) is 79.6 Å². The van der Waals surface area contributed by atoms with Crippen molar-refractivity contribution in [3.63, 3.8) is 0 Å². The fraction of sp³-hybridized carbons (Fsp3) is 0.219. The molecule has 3 aromatic carbocycles. The first-order chi connectivity index (χ1) is 19.2. The van der Waals surface area contributed by atoms with Crippen LogP contribution >= 0.6 is 0 Å². The molecule has 3 N–H and O–H groups in total. The molecule has 1 aliphatic carbocycles. The van der Waals surface area contributed by atoms with Crippen molar-refractivity contribution >= 4 is 22.2 Å². The number of benzene rings is 3. The van der Waals surface area contributed by atoms with Gasteiger partial charge in [-0.05, 0) is 41.7 Å². The molecule has 1 fully saturated rings. The van der Waals surface area contributed by atoms with Crippen LogP contribution in [0.3, 0.4) is 0 Å². The normalized spacial score (nSPS) is 14.1. The third-order valence-electron chi connectivity index (χ3n) is 7.84. The molecule has 0 spiro atoms. The molecule has 0 amide bonds. The first-order valence-corrected chi connectivity index (χ1v) is 13.7. The van der Waals surface area contributed by atoms with Gasteiger partial charge in [0.2, 0.25) is 0 Å². The average Bonchev–Trinajstić information content (AvgIpc) is 3.71. The van der Waals surface area contributed by atoms with E-state index < -0.39 is 0 Å². The quantitative estimate of drug-likeness (QED) is 0.270. The molecule has 3 aromatic heterocycles. The van der Waals surface area contributed by atoms with Gasteiger partial charge in [-0.3, -0.25) is 4.68 Å². The molecular formula is C32H31N7. The first-order valence-electron chi connectivity index (χ1n) is 13.7. The van der Waals surface area contributed by atoms with E-state index in [1.54, 1.807) is 0 Å². The fourth-order valence-corrected chi connectivity index (χ4v) is 5.77. The SMILES string of the molecule is Nc1ncnn2c(-c3ccc(CNC4CCCC4)cc3)cc(-c3ccc4cn(Cc5ccccc5)nc4c3)c12. The summed E-state index contributed by atoms with van der Waals surface area (Å²) in [6.45, 7) is 1.63. The summed E-state index contributed by atoms with van der Waals surface area (Å²) in [5.41, 5.74) is 14.8. The van der Waals surface area contributed by atoms with Gasteiger partial charge < -0.3 is 11.1 Å². The Morgan fingerprint density at radius 1 is 0.872 bits per heavy atom. The van der Waals surface area contributed by atoms with Crippen LogP contribution in [0.15, 0.2) is 91.4 Å². The zero-order chi connectivity index (χ0) is 26.2. The summed E-state index contributed by atoms with van der Waals surface area (Å²) in [5.74, 6) is 0.457. The predicted molar refractivity (Wildman–Crippen MR) is 156 cm³/mol. The van der Waals surface area contributed by atoms with Gasteiger partial charge in [0.1, 0.15) is 11.8 Å². The van der Waals surface area contributed by atoms with E-state index in [4.69, 9.17) is 10.8 Å². The van der Waals surface area contributed by atoms with Crippen LogP contribution in [0.5, 0.6) is 0 Å². The van der Waals surface area contributed by atoms with Gasteiger partial charge in [0.25, 0.3) is 0 Å². The van der Waals surface area contributed by atoms with Crippen molar-refractivity contribution < 1.29 is 0 Å². The van der Waals surface area contributed by atoms with E-state index in [9.17, 15) is 0 Å². The summed E-state index contributed by atoms with van der Waals surface area (Å²) in [6, 6.07) is 28.3. The second-order valence-corrected chi connectivity index (χ2v) is 10.5. The van der Waals surface area contributed by atoms with E-state index in [1.165, 1.54) is 43.1 Å². The lowest BCUT2D eigenvalue weighted by Gasteiger charge is -2.12. The summed E-state index contributed by atoms with van der Waals surface area (Å²) in [5, 5.41) is 14.2. The number of nitrogens with zero attached hydrogens (tertiary/aromatic N) is 5. The maximum absolute atomic E-state index is 6.41. The van der Waals surface area contributed by atoms with Crippen molar-refractivity contribution in [2.75, 3.05) is 5.73 Å². The van der Waals surface area contributed by atoms with E-state index in [0.717, 1.165) is 51.9 Å². The van der Waals surface area contributed by atoms with Crippen molar-refractivity contribution in [3.05, 3.63) is 103 Å². The summed E-state index contributed by atoms with van der Waals surface area (Å²) in [6.07, 6.45) is 8.87. The van der Waals surface area contributed by atoms with Crippen LogP contribution in [0.2, 0.25) is 0 Å². The van der Waals surface area contributed by atoms with Crippen LogP contribution in [-0.4, -0.2) is 30.4 Å². The fourth-order valence-electron chi connectivity index (χ4n) is 5.77. The van der Waals surface area contributed by atoms with Gasteiger partial charge in [0, 0.05) is 35.3 Å². The first kappa shape index (κ1) is 23.6. The van der Waals surface area contributed by atoms with Crippen LogP contribution in [0.4, 0.5) is 5.82 Å². The number of fused-ring (bicyclic) bond motifs is 2. The molecule has 6 aromatic rings. The van der Waals surface area contributed by atoms with Crippen molar-refractivity contribution in [3.8, 4) is 22.4 Å². The minimum Gasteiger partial charge on any atom is -0.382 e. The van der Waals surface area contributed by atoms with Gasteiger partial charge in [0.05, 0.1) is 17.8 Å². The number of hydrogen-bond donors (Lipinski definition) is 2. The summed E-state index contributed by atoms with van der Waals surface area (Å²) in [4.78, 5) is 4.31. The minimum absolute atomic E-state index is 0.457. The Balaban J connectivity index is 1.22. The smallest absolute Gasteiger partial charge is 0.152 e. The van der Waals surface area contributed by atoms with Crippen LogP contribution in [0.1, 0.15) is 36.8 Å². The Morgan fingerprint density at radius 2 is 1.67 bits per heavy atom. The molecule has 7 heteroatoms. The lowest BCUT2D eigenvalue weighted by atomic mass is 10.0. The molecule has 7 rings (SSSR count).